The van der Waals surface area contributed by atoms with E-state index in [0.717, 1.165) is 13.1 Å². The van der Waals surface area contributed by atoms with Gasteiger partial charge in [-0.25, -0.2) is 0 Å². The summed E-state index contributed by atoms with van der Waals surface area (Å²) in [5, 5.41) is 3.19. The molecule has 1 N–H and O–H groups in total. The van der Waals surface area contributed by atoms with Gasteiger partial charge < -0.3 is 9.64 Å². The molecule has 0 spiro atoms. The van der Waals surface area contributed by atoms with Crippen LogP contribution >= 0.6 is 12.2 Å². The molecule has 0 bridgehead atoms. The molecule has 0 radical (unpaired) electrons. The lowest BCUT2D eigenvalue weighted by Gasteiger charge is -2.22. The molecule has 1 aromatic rings. The van der Waals surface area contributed by atoms with Gasteiger partial charge >= 0.3 is 0 Å². The number of rotatable bonds is 5. The fourth-order valence-corrected chi connectivity index (χ4v) is 2.12. The Morgan fingerprint density at radius 1 is 1.30 bits per heavy atom. The first-order valence-electron chi connectivity index (χ1n) is 6.85. The summed E-state index contributed by atoms with van der Waals surface area (Å²) in [6.07, 6.45) is 0.0127. The number of ether oxygens (including phenoxy) is 1. The van der Waals surface area contributed by atoms with Crippen LogP contribution in [0.25, 0.3) is 0 Å². The lowest BCUT2D eigenvalue weighted by Crippen LogP contribution is -2.42. The van der Waals surface area contributed by atoms with Crippen LogP contribution in [-0.2, 0) is 0 Å². The number of benzene rings is 1. The molecule has 0 unspecified atom stereocenters. The Morgan fingerprint density at radius 2 is 1.90 bits per heavy atom. The van der Waals surface area contributed by atoms with Crippen molar-refractivity contribution in [2.24, 2.45) is 0 Å². The van der Waals surface area contributed by atoms with Crippen LogP contribution < -0.4 is 10.1 Å². The van der Waals surface area contributed by atoms with Crippen molar-refractivity contribution < 1.29 is 9.53 Å². The molecular formula is C15H22N2O2S. The highest BCUT2D eigenvalue weighted by atomic mass is 32.1. The smallest absolute Gasteiger partial charge is 0.261 e. The first-order chi connectivity index (χ1) is 9.49. The Bertz CT molecular complexity index is 471. The average molecular weight is 294 g/mol. The van der Waals surface area contributed by atoms with Crippen molar-refractivity contribution >= 4 is 23.2 Å². The summed E-state index contributed by atoms with van der Waals surface area (Å²) in [6, 6.07) is 7.17. The van der Waals surface area contributed by atoms with E-state index in [4.69, 9.17) is 17.0 Å². The monoisotopic (exact) mass is 294 g/mol. The molecule has 20 heavy (non-hydrogen) atoms. The fraction of sp³-hybridized carbons (Fsp3) is 0.467. The van der Waals surface area contributed by atoms with Crippen molar-refractivity contribution in [3.8, 4) is 5.75 Å². The zero-order valence-electron chi connectivity index (χ0n) is 12.5. The van der Waals surface area contributed by atoms with Crippen molar-refractivity contribution in [2.75, 3.05) is 13.1 Å². The van der Waals surface area contributed by atoms with Crippen LogP contribution in [0.15, 0.2) is 24.3 Å². The van der Waals surface area contributed by atoms with Crippen molar-refractivity contribution in [1.29, 1.82) is 0 Å². The number of nitrogens with zero attached hydrogens (tertiary/aromatic N) is 1. The van der Waals surface area contributed by atoms with Gasteiger partial charge in [-0.05, 0) is 52.0 Å². The predicted octanol–water partition coefficient (Wildman–Crippen LogP) is 2.83. The van der Waals surface area contributed by atoms with Crippen LogP contribution in [0.5, 0.6) is 5.75 Å². The predicted molar refractivity (Wildman–Crippen MR) is 85.2 cm³/mol. The first kappa shape index (κ1) is 16.4. The van der Waals surface area contributed by atoms with Gasteiger partial charge in [-0.1, -0.05) is 12.1 Å². The lowest BCUT2D eigenvalue weighted by molar-refractivity contribution is 0.0968. The third-order valence-corrected chi connectivity index (χ3v) is 3.13. The number of para-hydroxylation sites is 1. The highest BCUT2D eigenvalue weighted by molar-refractivity contribution is 7.80. The Labute approximate surface area is 126 Å². The molecule has 0 fully saturated rings. The Balaban J connectivity index is 2.84. The second-order valence-electron chi connectivity index (χ2n) is 4.59. The van der Waals surface area contributed by atoms with Crippen molar-refractivity contribution in [1.82, 2.24) is 10.2 Å². The molecule has 0 aliphatic heterocycles. The molecule has 1 amide bonds. The van der Waals surface area contributed by atoms with E-state index in [2.05, 4.69) is 5.32 Å². The molecule has 110 valence electrons. The largest absolute Gasteiger partial charge is 0.490 e. The van der Waals surface area contributed by atoms with Gasteiger partial charge in [0, 0.05) is 13.1 Å². The molecular weight excluding hydrogens is 272 g/mol. The van der Waals surface area contributed by atoms with E-state index in [1.165, 1.54) is 0 Å². The van der Waals surface area contributed by atoms with Gasteiger partial charge in [0.1, 0.15) is 5.75 Å². The van der Waals surface area contributed by atoms with Crippen LogP contribution in [0.1, 0.15) is 38.1 Å². The molecule has 0 saturated carbocycles. The second kappa shape index (κ2) is 7.85. The molecule has 0 atom stereocenters. The third kappa shape index (κ3) is 4.49. The van der Waals surface area contributed by atoms with E-state index >= 15 is 0 Å². The van der Waals surface area contributed by atoms with Crippen LogP contribution in [-0.4, -0.2) is 35.1 Å². The Hall–Kier alpha value is -1.62. The van der Waals surface area contributed by atoms with Gasteiger partial charge in [0.25, 0.3) is 5.91 Å². The molecule has 0 heterocycles. The highest BCUT2D eigenvalue weighted by Gasteiger charge is 2.16. The standard InChI is InChI=1S/C15H22N2O2S/c1-5-17(6-2)15(20)16-14(18)12-9-7-8-10-13(12)19-11(3)4/h7-11H,5-6H2,1-4H3,(H,16,18,20). The van der Waals surface area contributed by atoms with Crippen molar-refractivity contribution in [3.63, 3.8) is 0 Å². The van der Waals surface area contributed by atoms with E-state index in [9.17, 15) is 4.79 Å². The number of carbonyl (C=O) groups is 1. The quantitative estimate of drug-likeness (QED) is 0.848. The molecule has 4 nitrogen and oxygen atoms in total. The number of amides is 1. The zero-order valence-corrected chi connectivity index (χ0v) is 13.3. The molecule has 1 aromatic carbocycles. The Kier molecular flexibility index (Phi) is 6.45. The number of nitrogens with one attached hydrogen (secondary N) is 1. The van der Waals surface area contributed by atoms with E-state index in [-0.39, 0.29) is 12.0 Å². The maximum Gasteiger partial charge on any atom is 0.261 e. The van der Waals surface area contributed by atoms with E-state index in [1.54, 1.807) is 12.1 Å². The number of hydrogen-bond acceptors (Lipinski definition) is 3. The van der Waals surface area contributed by atoms with Gasteiger partial charge in [0.2, 0.25) is 0 Å². The summed E-state index contributed by atoms with van der Waals surface area (Å²) in [6.45, 7) is 9.37. The van der Waals surface area contributed by atoms with Crippen molar-refractivity contribution in [3.05, 3.63) is 29.8 Å². The molecule has 1 rings (SSSR count). The Morgan fingerprint density at radius 3 is 2.45 bits per heavy atom. The molecule has 0 aliphatic rings. The molecule has 0 aromatic heterocycles. The summed E-state index contributed by atoms with van der Waals surface area (Å²) in [5.74, 6) is 0.334. The second-order valence-corrected chi connectivity index (χ2v) is 4.98. The maximum absolute atomic E-state index is 12.3. The van der Waals surface area contributed by atoms with Crippen LogP contribution in [0.2, 0.25) is 0 Å². The van der Waals surface area contributed by atoms with Gasteiger partial charge in [-0.3, -0.25) is 10.1 Å². The van der Waals surface area contributed by atoms with Crippen LogP contribution in [0.4, 0.5) is 0 Å². The average Bonchev–Trinajstić information content (AvgIpc) is 2.39. The van der Waals surface area contributed by atoms with Gasteiger partial charge in [-0.2, -0.15) is 0 Å². The maximum atomic E-state index is 12.3. The summed E-state index contributed by atoms with van der Waals surface area (Å²) < 4.78 is 5.64. The van der Waals surface area contributed by atoms with Crippen molar-refractivity contribution in [2.45, 2.75) is 33.8 Å². The van der Waals surface area contributed by atoms with E-state index in [1.807, 2.05) is 44.7 Å². The van der Waals surface area contributed by atoms with E-state index < -0.39 is 0 Å². The summed E-state index contributed by atoms with van der Waals surface area (Å²) in [7, 11) is 0. The number of carbonyl (C=O) groups excluding carboxylic acids is 1. The van der Waals surface area contributed by atoms with E-state index in [0.29, 0.717) is 16.4 Å². The molecule has 5 heteroatoms. The number of hydrogen-bond donors (Lipinski definition) is 1. The third-order valence-electron chi connectivity index (χ3n) is 2.77. The summed E-state index contributed by atoms with van der Waals surface area (Å²) >= 11 is 5.23. The van der Waals surface area contributed by atoms with Gasteiger partial charge in [0.05, 0.1) is 11.7 Å². The summed E-state index contributed by atoms with van der Waals surface area (Å²) in [5.41, 5.74) is 0.496. The SMILES string of the molecule is CCN(CC)C(=S)NC(=O)c1ccccc1OC(C)C. The van der Waals surface area contributed by atoms with Gasteiger partial charge in [-0.15, -0.1) is 0 Å². The first-order valence-corrected chi connectivity index (χ1v) is 7.26. The zero-order chi connectivity index (χ0) is 15.1. The minimum absolute atomic E-state index is 0.0127. The van der Waals surface area contributed by atoms with Crippen LogP contribution in [0, 0.1) is 0 Å². The van der Waals surface area contributed by atoms with Gasteiger partial charge in [0.15, 0.2) is 5.11 Å². The molecule has 0 aliphatic carbocycles. The normalized spacial score (nSPS) is 10.2. The lowest BCUT2D eigenvalue weighted by atomic mass is 10.2. The fourth-order valence-electron chi connectivity index (χ4n) is 1.77. The van der Waals surface area contributed by atoms with Crippen LogP contribution in [0.3, 0.4) is 0 Å². The topological polar surface area (TPSA) is 41.6 Å². The minimum Gasteiger partial charge on any atom is -0.490 e. The molecule has 0 saturated heterocycles. The highest BCUT2D eigenvalue weighted by Crippen LogP contribution is 2.19. The minimum atomic E-state index is -0.238. The number of thiocarbonyl (C=S) groups is 1. The summed E-state index contributed by atoms with van der Waals surface area (Å²) in [4.78, 5) is 14.2.